The maximum atomic E-state index is 5.88. The molecule has 3 aromatic rings. The van der Waals surface area contributed by atoms with Gasteiger partial charge < -0.3 is 14.2 Å². The Kier molecular flexibility index (Phi) is 4.87. The van der Waals surface area contributed by atoms with E-state index in [0.717, 1.165) is 47.6 Å². The lowest BCUT2D eigenvalue weighted by atomic mass is 10.2. The number of aryl methyl sites for hydroxylation is 1. The summed E-state index contributed by atoms with van der Waals surface area (Å²) in [6.07, 6.45) is 14.0. The first kappa shape index (κ1) is 17.3. The molecule has 0 radical (unpaired) electrons. The van der Waals surface area contributed by atoms with Gasteiger partial charge in [-0.1, -0.05) is 6.08 Å². The highest BCUT2D eigenvalue weighted by Gasteiger charge is 2.15. The molecule has 0 aliphatic heterocycles. The highest BCUT2D eigenvalue weighted by Crippen LogP contribution is 2.27. The van der Waals surface area contributed by atoms with Crippen molar-refractivity contribution >= 4 is 16.9 Å². The second-order valence-corrected chi connectivity index (χ2v) is 6.63. The fraction of sp³-hybridized carbons (Fsp3) is 0.286. The third kappa shape index (κ3) is 3.69. The predicted octanol–water partition coefficient (Wildman–Crippen LogP) is 3.72. The summed E-state index contributed by atoms with van der Waals surface area (Å²) in [5.41, 5.74) is 1.81. The number of nitrogens with zero attached hydrogens (tertiary/aromatic N) is 5. The van der Waals surface area contributed by atoms with Crippen LogP contribution in [0, 0.1) is 0 Å². The van der Waals surface area contributed by atoms with Gasteiger partial charge in [-0.05, 0) is 43.2 Å². The van der Waals surface area contributed by atoms with Gasteiger partial charge in [0.2, 0.25) is 0 Å². The molecule has 4 rings (SSSR count). The molecule has 1 aliphatic rings. The van der Waals surface area contributed by atoms with Gasteiger partial charge in [-0.25, -0.2) is 9.97 Å². The average molecular weight is 361 g/mol. The lowest BCUT2D eigenvalue weighted by molar-refractivity contribution is 0.230. The number of pyridine rings is 1. The molecule has 1 aliphatic carbocycles. The molecule has 6 heteroatoms. The molecular weight excluding hydrogens is 338 g/mol. The lowest BCUT2D eigenvalue weighted by Crippen LogP contribution is -2.24. The van der Waals surface area contributed by atoms with Crippen molar-refractivity contribution in [1.82, 2.24) is 19.5 Å². The largest absolute Gasteiger partial charge is 0.492 e. The molecule has 0 aromatic carbocycles. The molecule has 0 unspecified atom stereocenters. The Balaban J connectivity index is 1.59. The van der Waals surface area contributed by atoms with Gasteiger partial charge in [0.15, 0.2) is 5.82 Å². The highest BCUT2D eigenvalue weighted by molar-refractivity contribution is 5.89. The monoisotopic (exact) mass is 361 g/mol. The van der Waals surface area contributed by atoms with Crippen LogP contribution in [0.15, 0.2) is 60.8 Å². The number of aromatic nitrogens is 4. The summed E-state index contributed by atoms with van der Waals surface area (Å²) >= 11 is 0. The van der Waals surface area contributed by atoms with Crippen LogP contribution in [0.5, 0.6) is 0 Å². The Bertz CT molecular complexity index is 990. The fourth-order valence-electron chi connectivity index (χ4n) is 3.14. The van der Waals surface area contributed by atoms with Gasteiger partial charge in [0.05, 0.1) is 11.9 Å². The number of anilines is 1. The Labute approximate surface area is 158 Å². The van der Waals surface area contributed by atoms with E-state index < -0.39 is 0 Å². The van der Waals surface area contributed by atoms with Gasteiger partial charge in [0, 0.05) is 38.2 Å². The molecule has 3 aromatic heterocycles. The molecule has 0 spiro atoms. The molecule has 6 nitrogen and oxygen atoms in total. The predicted molar refractivity (Wildman–Crippen MR) is 107 cm³/mol. The summed E-state index contributed by atoms with van der Waals surface area (Å²) in [4.78, 5) is 15.9. The van der Waals surface area contributed by atoms with Crippen LogP contribution in [0.2, 0.25) is 0 Å². The van der Waals surface area contributed by atoms with Crippen molar-refractivity contribution in [2.45, 2.75) is 12.8 Å². The van der Waals surface area contributed by atoms with E-state index in [4.69, 9.17) is 14.7 Å². The van der Waals surface area contributed by atoms with Crippen LogP contribution in [-0.4, -0.2) is 39.7 Å². The van der Waals surface area contributed by atoms with Crippen molar-refractivity contribution in [3.05, 3.63) is 60.8 Å². The van der Waals surface area contributed by atoms with Crippen molar-refractivity contribution < 1.29 is 4.74 Å². The number of fused-ring (bicyclic) bond motifs is 1. The molecule has 0 saturated heterocycles. The van der Waals surface area contributed by atoms with Gasteiger partial charge in [-0.2, -0.15) is 0 Å². The summed E-state index contributed by atoms with van der Waals surface area (Å²) in [7, 11) is 4.04. The summed E-state index contributed by atoms with van der Waals surface area (Å²) in [5, 5.41) is 1.03. The van der Waals surface area contributed by atoms with E-state index in [0.29, 0.717) is 12.4 Å². The maximum absolute atomic E-state index is 5.88. The maximum Gasteiger partial charge on any atom is 0.165 e. The van der Waals surface area contributed by atoms with E-state index in [1.807, 2.05) is 43.1 Å². The van der Waals surface area contributed by atoms with E-state index in [1.54, 1.807) is 12.4 Å². The number of hydrogen-bond acceptors (Lipinski definition) is 5. The summed E-state index contributed by atoms with van der Waals surface area (Å²) in [5.74, 6) is 2.53. The van der Waals surface area contributed by atoms with Gasteiger partial charge in [-0.15, -0.1) is 0 Å². The van der Waals surface area contributed by atoms with Crippen molar-refractivity contribution in [2.24, 2.45) is 7.05 Å². The Morgan fingerprint density at radius 1 is 1.22 bits per heavy atom. The highest BCUT2D eigenvalue weighted by atomic mass is 16.5. The Morgan fingerprint density at radius 3 is 2.93 bits per heavy atom. The van der Waals surface area contributed by atoms with E-state index >= 15 is 0 Å². The molecule has 0 fully saturated rings. The van der Waals surface area contributed by atoms with Crippen molar-refractivity contribution in [2.75, 3.05) is 25.1 Å². The first-order valence-corrected chi connectivity index (χ1v) is 9.16. The summed E-state index contributed by atoms with van der Waals surface area (Å²) in [6, 6.07) is 5.93. The Morgan fingerprint density at radius 2 is 2.15 bits per heavy atom. The molecule has 27 heavy (non-hydrogen) atoms. The number of hydrogen-bond donors (Lipinski definition) is 0. The third-order valence-electron chi connectivity index (χ3n) is 4.64. The van der Waals surface area contributed by atoms with Crippen molar-refractivity contribution in [3.8, 4) is 11.4 Å². The quantitative estimate of drug-likeness (QED) is 0.670. The van der Waals surface area contributed by atoms with Crippen LogP contribution >= 0.6 is 0 Å². The first-order valence-electron chi connectivity index (χ1n) is 9.16. The van der Waals surface area contributed by atoms with Crippen LogP contribution in [0.4, 0.5) is 5.82 Å². The minimum atomic E-state index is 0.604. The SMILES string of the molecule is CN(CCOC1=CCCC=C1)c1nc(-c2cccnc2)nc2c1ccn2C. The normalized spacial score (nSPS) is 13.6. The average Bonchev–Trinajstić information content (AvgIpc) is 3.09. The first-order chi connectivity index (χ1) is 13.2. The molecule has 0 bridgehead atoms. The van der Waals surface area contributed by atoms with Gasteiger partial charge in [-0.3, -0.25) is 4.98 Å². The number of ether oxygens (including phenoxy) is 1. The third-order valence-corrected chi connectivity index (χ3v) is 4.64. The standard InChI is InChI=1S/C21H23N5O/c1-25-12-10-18-20(25)23-19(16-7-6-11-22-15-16)24-21(18)26(2)13-14-27-17-8-4-3-5-9-17/h4,6-12,15H,3,5,13-14H2,1-2H3. The number of allylic oxidation sites excluding steroid dienone is 3. The van der Waals surface area contributed by atoms with Gasteiger partial charge in [0.1, 0.15) is 23.8 Å². The second kappa shape index (κ2) is 7.61. The van der Waals surface area contributed by atoms with E-state index in [1.165, 1.54) is 0 Å². The van der Waals surface area contributed by atoms with E-state index in [2.05, 4.69) is 28.1 Å². The molecular formula is C21H23N5O. The summed E-state index contributed by atoms with van der Waals surface area (Å²) < 4.78 is 7.90. The summed E-state index contributed by atoms with van der Waals surface area (Å²) in [6.45, 7) is 1.34. The van der Waals surface area contributed by atoms with Gasteiger partial charge in [0.25, 0.3) is 0 Å². The molecule has 138 valence electrons. The molecule has 0 amide bonds. The second-order valence-electron chi connectivity index (χ2n) is 6.63. The van der Waals surface area contributed by atoms with Crippen LogP contribution in [0.3, 0.4) is 0 Å². The van der Waals surface area contributed by atoms with E-state index in [9.17, 15) is 0 Å². The topological polar surface area (TPSA) is 56.1 Å². The van der Waals surface area contributed by atoms with Crippen molar-refractivity contribution in [3.63, 3.8) is 0 Å². The zero-order valence-corrected chi connectivity index (χ0v) is 15.7. The zero-order chi connectivity index (χ0) is 18.6. The molecule has 3 heterocycles. The molecule has 0 saturated carbocycles. The fourth-order valence-corrected chi connectivity index (χ4v) is 3.14. The minimum absolute atomic E-state index is 0.604. The number of likely N-dealkylation sites (N-methyl/N-ethyl adjacent to an activating group) is 1. The van der Waals surface area contributed by atoms with E-state index in [-0.39, 0.29) is 0 Å². The van der Waals surface area contributed by atoms with Crippen molar-refractivity contribution in [1.29, 1.82) is 0 Å². The molecule has 0 N–H and O–H groups in total. The van der Waals surface area contributed by atoms with Gasteiger partial charge >= 0.3 is 0 Å². The smallest absolute Gasteiger partial charge is 0.165 e. The van der Waals surface area contributed by atoms with Crippen LogP contribution in [0.25, 0.3) is 22.4 Å². The number of rotatable bonds is 6. The Hall–Kier alpha value is -3.15. The van der Waals surface area contributed by atoms with Crippen LogP contribution in [0.1, 0.15) is 12.8 Å². The minimum Gasteiger partial charge on any atom is -0.492 e. The van der Waals surface area contributed by atoms with Crippen LogP contribution in [-0.2, 0) is 11.8 Å². The molecule has 0 atom stereocenters. The lowest BCUT2D eigenvalue weighted by Gasteiger charge is -2.20. The zero-order valence-electron chi connectivity index (χ0n) is 15.7. The van der Waals surface area contributed by atoms with Crippen LogP contribution < -0.4 is 4.90 Å².